The molecule has 0 amide bonds. The zero-order valence-corrected chi connectivity index (χ0v) is 16.2. The number of halogens is 1. The Morgan fingerprint density at radius 3 is 2.27 bits per heavy atom. The van der Waals surface area contributed by atoms with Crippen molar-refractivity contribution in [2.75, 3.05) is 65.6 Å². The highest BCUT2D eigenvalue weighted by molar-refractivity contribution is 7.89. The number of aryl methyl sites for hydroxylation is 1. The first-order valence-corrected chi connectivity index (χ1v) is 10.7. The number of sulfonamides is 1. The Balaban J connectivity index is 1.49. The van der Waals surface area contributed by atoms with Crippen LogP contribution in [0.5, 0.6) is 0 Å². The van der Waals surface area contributed by atoms with Crippen molar-refractivity contribution >= 4 is 10.0 Å². The fourth-order valence-corrected chi connectivity index (χ4v) is 5.19. The molecule has 0 radical (unpaired) electrons. The number of rotatable bonds is 6. The van der Waals surface area contributed by atoms with Crippen LogP contribution in [0.1, 0.15) is 12.0 Å². The second-order valence-corrected chi connectivity index (χ2v) is 8.87. The van der Waals surface area contributed by atoms with Gasteiger partial charge in [-0.1, -0.05) is 6.07 Å². The zero-order valence-electron chi connectivity index (χ0n) is 15.4. The van der Waals surface area contributed by atoms with E-state index in [2.05, 4.69) is 9.80 Å². The fraction of sp³-hybridized carbons (Fsp3) is 0.667. The van der Waals surface area contributed by atoms with Crippen LogP contribution in [0.15, 0.2) is 23.1 Å². The van der Waals surface area contributed by atoms with E-state index in [0.29, 0.717) is 18.7 Å². The van der Waals surface area contributed by atoms with Gasteiger partial charge in [0.15, 0.2) is 0 Å². The highest BCUT2D eigenvalue weighted by Gasteiger charge is 2.29. The quantitative estimate of drug-likeness (QED) is 0.736. The van der Waals surface area contributed by atoms with Crippen molar-refractivity contribution in [2.45, 2.75) is 18.2 Å². The first-order chi connectivity index (χ1) is 12.5. The summed E-state index contributed by atoms with van der Waals surface area (Å²) in [6, 6.07) is 3.93. The number of morpholine rings is 1. The van der Waals surface area contributed by atoms with E-state index in [1.165, 1.54) is 16.4 Å². The summed E-state index contributed by atoms with van der Waals surface area (Å²) in [6.07, 6.45) is 1.08. The topological polar surface area (TPSA) is 53.1 Å². The second kappa shape index (κ2) is 8.75. The summed E-state index contributed by atoms with van der Waals surface area (Å²) in [5.74, 6) is -0.518. The molecule has 0 aliphatic carbocycles. The number of piperazine rings is 1. The van der Waals surface area contributed by atoms with Crippen molar-refractivity contribution in [3.63, 3.8) is 0 Å². The summed E-state index contributed by atoms with van der Waals surface area (Å²) < 4.78 is 45.9. The summed E-state index contributed by atoms with van der Waals surface area (Å²) in [5.41, 5.74) is 0.583. The molecule has 3 rings (SSSR count). The molecular formula is C18H28FN3O3S. The van der Waals surface area contributed by atoms with Crippen LogP contribution in [-0.4, -0.2) is 88.1 Å². The van der Waals surface area contributed by atoms with Crippen LogP contribution in [0.25, 0.3) is 0 Å². The Bertz CT molecular complexity index is 700. The van der Waals surface area contributed by atoms with Crippen molar-refractivity contribution in [1.29, 1.82) is 0 Å². The molecule has 0 N–H and O–H groups in total. The van der Waals surface area contributed by atoms with Gasteiger partial charge < -0.3 is 9.64 Å². The maximum absolute atomic E-state index is 13.5. The van der Waals surface area contributed by atoms with Crippen LogP contribution in [0.2, 0.25) is 0 Å². The molecule has 2 aliphatic heterocycles. The molecular weight excluding hydrogens is 357 g/mol. The zero-order chi connectivity index (χ0) is 18.6. The monoisotopic (exact) mass is 385 g/mol. The van der Waals surface area contributed by atoms with Crippen molar-refractivity contribution < 1.29 is 17.5 Å². The number of ether oxygens (including phenoxy) is 1. The van der Waals surface area contributed by atoms with Gasteiger partial charge in [-0.25, -0.2) is 12.8 Å². The number of hydrogen-bond donors (Lipinski definition) is 0. The normalized spacial score (nSPS) is 21.2. The van der Waals surface area contributed by atoms with Gasteiger partial charge in [0.05, 0.1) is 18.1 Å². The number of nitrogens with zero attached hydrogens (tertiary/aromatic N) is 3. The number of benzene rings is 1. The molecule has 2 aliphatic rings. The van der Waals surface area contributed by atoms with Crippen LogP contribution < -0.4 is 0 Å². The smallest absolute Gasteiger partial charge is 0.243 e. The van der Waals surface area contributed by atoms with Crippen LogP contribution in [0, 0.1) is 12.7 Å². The molecule has 1 aromatic rings. The third-order valence-corrected chi connectivity index (χ3v) is 7.19. The maximum Gasteiger partial charge on any atom is 0.243 e. The predicted octanol–water partition coefficient (Wildman–Crippen LogP) is 1.16. The lowest BCUT2D eigenvalue weighted by atomic mass is 10.2. The minimum Gasteiger partial charge on any atom is -0.379 e. The van der Waals surface area contributed by atoms with Gasteiger partial charge >= 0.3 is 0 Å². The Morgan fingerprint density at radius 2 is 1.62 bits per heavy atom. The van der Waals surface area contributed by atoms with E-state index in [9.17, 15) is 12.8 Å². The molecule has 0 aromatic heterocycles. The van der Waals surface area contributed by atoms with Gasteiger partial charge in [-0.05, 0) is 44.1 Å². The first kappa shape index (κ1) is 19.7. The van der Waals surface area contributed by atoms with Gasteiger partial charge in [-0.3, -0.25) is 4.90 Å². The molecule has 1 aromatic carbocycles. The molecule has 0 unspecified atom stereocenters. The Hall–Kier alpha value is -1.06. The largest absolute Gasteiger partial charge is 0.379 e. The van der Waals surface area contributed by atoms with Crippen LogP contribution in [0.3, 0.4) is 0 Å². The molecule has 0 spiro atoms. The van der Waals surface area contributed by atoms with Crippen LogP contribution >= 0.6 is 0 Å². The molecule has 8 heteroatoms. The average molecular weight is 386 g/mol. The van der Waals surface area contributed by atoms with Crippen molar-refractivity contribution in [2.24, 2.45) is 0 Å². The van der Waals surface area contributed by atoms with Crippen molar-refractivity contribution in [3.05, 3.63) is 29.6 Å². The van der Waals surface area contributed by atoms with Crippen molar-refractivity contribution in [1.82, 2.24) is 14.1 Å². The van der Waals surface area contributed by atoms with Gasteiger partial charge in [-0.15, -0.1) is 0 Å². The van der Waals surface area contributed by atoms with Gasteiger partial charge in [0, 0.05) is 39.3 Å². The minimum absolute atomic E-state index is 0.0817. The fourth-order valence-electron chi connectivity index (χ4n) is 3.53. The van der Waals surface area contributed by atoms with E-state index < -0.39 is 15.8 Å². The lowest BCUT2D eigenvalue weighted by Gasteiger charge is -2.35. The summed E-state index contributed by atoms with van der Waals surface area (Å²) in [7, 11) is -3.63. The predicted molar refractivity (Wildman–Crippen MR) is 98.2 cm³/mol. The Kier molecular flexibility index (Phi) is 6.63. The summed E-state index contributed by atoms with van der Waals surface area (Å²) in [5, 5.41) is 0. The van der Waals surface area contributed by atoms with E-state index in [-0.39, 0.29) is 4.90 Å². The number of hydrogen-bond acceptors (Lipinski definition) is 5. The SMILES string of the molecule is Cc1ccc(F)cc1S(=O)(=O)N1CCN(CCCN2CCOCC2)CC1. The molecule has 0 bridgehead atoms. The maximum atomic E-state index is 13.5. The van der Waals surface area contributed by atoms with Crippen LogP contribution in [-0.2, 0) is 14.8 Å². The highest BCUT2D eigenvalue weighted by Crippen LogP contribution is 2.22. The third-order valence-electron chi connectivity index (χ3n) is 5.15. The first-order valence-electron chi connectivity index (χ1n) is 9.25. The average Bonchev–Trinajstić information content (AvgIpc) is 2.65. The lowest BCUT2D eigenvalue weighted by Crippen LogP contribution is -2.49. The molecule has 2 fully saturated rings. The van der Waals surface area contributed by atoms with Gasteiger partial charge in [0.1, 0.15) is 5.82 Å². The van der Waals surface area contributed by atoms with Crippen molar-refractivity contribution in [3.8, 4) is 0 Å². The lowest BCUT2D eigenvalue weighted by molar-refractivity contribution is 0.0356. The Morgan fingerprint density at radius 1 is 1.00 bits per heavy atom. The van der Waals surface area contributed by atoms with Gasteiger partial charge in [0.2, 0.25) is 10.0 Å². The van der Waals surface area contributed by atoms with E-state index in [1.807, 2.05) is 0 Å². The third kappa shape index (κ3) is 4.80. The molecule has 2 heterocycles. The molecule has 6 nitrogen and oxygen atoms in total. The Labute approximate surface area is 155 Å². The summed E-state index contributed by atoms with van der Waals surface area (Å²) in [4.78, 5) is 4.81. The second-order valence-electron chi connectivity index (χ2n) is 6.96. The highest BCUT2D eigenvalue weighted by atomic mass is 32.2. The molecule has 2 saturated heterocycles. The molecule has 0 atom stereocenters. The van der Waals surface area contributed by atoms with E-state index in [0.717, 1.165) is 65.0 Å². The van der Waals surface area contributed by atoms with E-state index >= 15 is 0 Å². The summed E-state index contributed by atoms with van der Waals surface area (Å²) in [6.45, 7) is 9.71. The van der Waals surface area contributed by atoms with Gasteiger partial charge in [-0.2, -0.15) is 4.31 Å². The van der Waals surface area contributed by atoms with Gasteiger partial charge in [0.25, 0.3) is 0 Å². The van der Waals surface area contributed by atoms with Crippen LogP contribution in [0.4, 0.5) is 4.39 Å². The minimum atomic E-state index is -3.63. The van der Waals surface area contributed by atoms with E-state index in [4.69, 9.17) is 4.74 Å². The molecule has 26 heavy (non-hydrogen) atoms. The molecule has 0 saturated carbocycles. The summed E-state index contributed by atoms with van der Waals surface area (Å²) >= 11 is 0. The van der Waals surface area contributed by atoms with E-state index in [1.54, 1.807) is 6.92 Å². The standard InChI is InChI=1S/C18H28FN3O3S/c1-16-3-4-17(19)15-18(16)26(23,24)22-9-7-20(8-10-22)5-2-6-21-11-13-25-14-12-21/h3-4,15H,2,5-14H2,1H3. The molecule has 146 valence electrons.